The molecule has 164 valence electrons. The van der Waals surface area contributed by atoms with Gasteiger partial charge in [0.2, 0.25) is 0 Å². The molecular weight excluding hydrogens is 408 g/mol. The largest absolute Gasteiger partial charge is 0.506 e. The van der Waals surface area contributed by atoms with Crippen molar-refractivity contribution in [2.45, 2.75) is 32.6 Å². The molecule has 0 atom stereocenters. The third-order valence-electron chi connectivity index (χ3n) is 5.57. The smallest absolute Gasteiger partial charge is 0.280 e. The summed E-state index contributed by atoms with van der Waals surface area (Å²) in [5.74, 6) is -0.895. The molecule has 0 saturated carbocycles. The summed E-state index contributed by atoms with van der Waals surface area (Å²) in [7, 11) is 1.53. The van der Waals surface area contributed by atoms with Gasteiger partial charge in [-0.15, -0.1) is 0 Å². The van der Waals surface area contributed by atoms with Crippen LogP contribution in [0.4, 0.5) is 0 Å². The number of aromatic hydroxyl groups is 1. The van der Waals surface area contributed by atoms with Crippen molar-refractivity contribution in [3.8, 4) is 5.75 Å². The number of fused-ring (bicyclic) bond motifs is 2. The van der Waals surface area contributed by atoms with E-state index in [1.807, 2.05) is 0 Å². The van der Waals surface area contributed by atoms with Crippen molar-refractivity contribution in [2.75, 3.05) is 5.43 Å². The van der Waals surface area contributed by atoms with Gasteiger partial charge in [-0.25, -0.2) is 9.66 Å². The summed E-state index contributed by atoms with van der Waals surface area (Å²) >= 11 is 0. The Morgan fingerprint density at radius 1 is 1.00 bits per heavy atom. The molecule has 4 aromatic rings. The van der Waals surface area contributed by atoms with E-state index in [0.717, 1.165) is 23.9 Å². The number of para-hydroxylation sites is 2. The number of unbranched alkanes of at least 4 members (excludes halogenated alkanes) is 2. The number of benzene rings is 2. The van der Waals surface area contributed by atoms with Gasteiger partial charge >= 0.3 is 0 Å². The van der Waals surface area contributed by atoms with Crippen LogP contribution < -0.4 is 16.5 Å². The maximum Gasteiger partial charge on any atom is 0.280 e. The number of nitrogens with zero attached hydrogens (tertiary/aromatic N) is 3. The number of amides is 1. The number of aromatic nitrogens is 3. The van der Waals surface area contributed by atoms with E-state index in [1.165, 1.54) is 11.6 Å². The number of hydrogen-bond donors (Lipinski definition) is 2. The van der Waals surface area contributed by atoms with Crippen LogP contribution in [-0.4, -0.2) is 25.2 Å². The molecule has 32 heavy (non-hydrogen) atoms. The van der Waals surface area contributed by atoms with Crippen molar-refractivity contribution in [2.24, 2.45) is 7.05 Å². The molecule has 2 aromatic heterocycles. The van der Waals surface area contributed by atoms with E-state index in [-0.39, 0.29) is 0 Å². The van der Waals surface area contributed by atoms with Crippen LogP contribution in [0.2, 0.25) is 0 Å². The molecule has 0 spiro atoms. The van der Waals surface area contributed by atoms with Crippen molar-refractivity contribution < 1.29 is 9.90 Å². The van der Waals surface area contributed by atoms with Gasteiger partial charge in [-0.1, -0.05) is 44.0 Å². The fourth-order valence-corrected chi connectivity index (χ4v) is 3.84. The first-order valence-corrected chi connectivity index (χ1v) is 10.6. The van der Waals surface area contributed by atoms with E-state index in [0.29, 0.717) is 34.1 Å². The zero-order valence-electron chi connectivity index (χ0n) is 18.0. The summed E-state index contributed by atoms with van der Waals surface area (Å²) in [5.41, 5.74) is 2.03. The zero-order chi connectivity index (χ0) is 22.8. The van der Waals surface area contributed by atoms with Crippen LogP contribution in [0.5, 0.6) is 5.75 Å². The molecule has 2 aromatic carbocycles. The maximum absolute atomic E-state index is 13.2. The molecule has 0 radical (unpaired) electrons. The predicted octanol–water partition coefficient (Wildman–Crippen LogP) is 3.07. The second-order valence-electron chi connectivity index (χ2n) is 7.69. The lowest BCUT2D eigenvalue weighted by molar-refractivity contribution is 0.100. The monoisotopic (exact) mass is 432 g/mol. The fourth-order valence-electron chi connectivity index (χ4n) is 3.84. The topological polar surface area (TPSA) is 106 Å². The Kier molecular flexibility index (Phi) is 5.77. The van der Waals surface area contributed by atoms with Crippen molar-refractivity contribution in [1.82, 2.24) is 14.2 Å². The highest BCUT2D eigenvalue weighted by molar-refractivity contribution is 6.06. The van der Waals surface area contributed by atoms with Gasteiger partial charge in [-0.2, -0.15) is 0 Å². The highest BCUT2D eigenvalue weighted by atomic mass is 16.3. The molecule has 0 fully saturated rings. The lowest BCUT2D eigenvalue weighted by atomic mass is 10.1. The number of pyridine rings is 1. The second-order valence-corrected chi connectivity index (χ2v) is 7.69. The molecule has 1 amide bonds. The summed E-state index contributed by atoms with van der Waals surface area (Å²) in [5, 5.41) is 11.4. The van der Waals surface area contributed by atoms with Crippen molar-refractivity contribution >= 4 is 27.7 Å². The summed E-state index contributed by atoms with van der Waals surface area (Å²) < 4.78 is 2.39. The molecule has 0 aliphatic rings. The van der Waals surface area contributed by atoms with E-state index in [1.54, 1.807) is 48.5 Å². The van der Waals surface area contributed by atoms with Gasteiger partial charge in [0.1, 0.15) is 17.1 Å². The summed E-state index contributed by atoms with van der Waals surface area (Å²) in [6, 6.07) is 13.7. The first-order chi connectivity index (χ1) is 15.4. The van der Waals surface area contributed by atoms with Gasteiger partial charge in [-0.3, -0.25) is 19.8 Å². The Hall–Kier alpha value is -3.94. The van der Waals surface area contributed by atoms with E-state index < -0.39 is 28.3 Å². The molecule has 4 rings (SSSR count). The minimum Gasteiger partial charge on any atom is -0.506 e. The lowest BCUT2D eigenvalue weighted by Gasteiger charge is -2.16. The fraction of sp³-hybridized carbons (Fsp3) is 0.250. The van der Waals surface area contributed by atoms with E-state index in [9.17, 15) is 19.5 Å². The SMILES string of the molecule is CCCCCc1nc2ccccc2c(=O)n1NC(=O)c1c(O)c2ccccc2n(C)c1=O. The molecule has 8 heteroatoms. The Morgan fingerprint density at radius 2 is 1.69 bits per heavy atom. The van der Waals surface area contributed by atoms with Crippen LogP contribution in [0.3, 0.4) is 0 Å². The third-order valence-corrected chi connectivity index (χ3v) is 5.57. The first kappa shape index (κ1) is 21.3. The molecular formula is C24H24N4O4. The number of carbonyl (C=O) groups excluding carboxylic acids is 1. The van der Waals surface area contributed by atoms with E-state index >= 15 is 0 Å². The molecule has 8 nitrogen and oxygen atoms in total. The van der Waals surface area contributed by atoms with Crippen LogP contribution in [0.1, 0.15) is 42.4 Å². The minimum atomic E-state index is -0.871. The standard InChI is InChI=1S/C24H24N4O4/c1-3-4-5-14-19-25-17-12-8-6-10-15(17)23(31)28(19)26-22(30)20-21(29)16-11-7-9-13-18(16)27(2)24(20)32/h6-13,29H,3-5,14H2,1-2H3,(H,26,30). The summed E-state index contributed by atoms with van der Waals surface area (Å²) in [6.07, 6.45) is 3.21. The average molecular weight is 432 g/mol. The van der Waals surface area contributed by atoms with Crippen molar-refractivity contribution in [3.05, 3.63) is 80.6 Å². The quantitative estimate of drug-likeness (QED) is 0.456. The van der Waals surface area contributed by atoms with Gasteiger partial charge in [-0.05, 0) is 30.7 Å². The van der Waals surface area contributed by atoms with Gasteiger partial charge in [0, 0.05) is 18.9 Å². The number of rotatable bonds is 6. The zero-order valence-corrected chi connectivity index (χ0v) is 18.0. The predicted molar refractivity (Wildman–Crippen MR) is 124 cm³/mol. The van der Waals surface area contributed by atoms with Crippen molar-refractivity contribution in [3.63, 3.8) is 0 Å². The molecule has 0 unspecified atom stereocenters. The van der Waals surface area contributed by atoms with Crippen LogP contribution in [0, 0.1) is 0 Å². The van der Waals surface area contributed by atoms with Crippen molar-refractivity contribution in [1.29, 1.82) is 0 Å². The molecule has 2 heterocycles. The maximum atomic E-state index is 13.2. The Morgan fingerprint density at radius 3 is 2.44 bits per heavy atom. The highest BCUT2D eigenvalue weighted by Crippen LogP contribution is 2.25. The Bertz CT molecular complexity index is 1450. The van der Waals surface area contributed by atoms with Gasteiger partial charge < -0.3 is 9.67 Å². The van der Waals surface area contributed by atoms with Crippen LogP contribution >= 0.6 is 0 Å². The second kappa shape index (κ2) is 8.66. The summed E-state index contributed by atoms with van der Waals surface area (Å²) in [4.78, 5) is 43.7. The summed E-state index contributed by atoms with van der Waals surface area (Å²) in [6.45, 7) is 2.07. The molecule has 0 saturated heterocycles. The number of nitrogens with one attached hydrogen (secondary N) is 1. The van der Waals surface area contributed by atoms with Gasteiger partial charge in [0.25, 0.3) is 17.0 Å². The first-order valence-electron chi connectivity index (χ1n) is 10.6. The third kappa shape index (κ3) is 3.64. The molecule has 0 aliphatic carbocycles. The van der Waals surface area contributed by atoms with Crippen LogP contribution in [0.25, 0.3) is 21.8 Å². The lowest BCUT2D eigenvalue weighted by Crippen LogP contribution is -2.39. The molecule has 0 aliphatic heterocycles. The normalized spacial score (nSPS) is 11.2. The molecule has 0 bridgehead atoms. The average Bonchev–Trinajstić information content (AvgIpc) is 2.80. The number of hydrogen-bond acceptors (Lipinski definition) is 5. The van der Waals surface area contributed by atoms with E-state index in [4.69, 9.17) is 0 Å². The van der Waals surface area contributed by atoms with Gasteiger partial charge in [0.15, 0.2) is 0 Å². The Balaban J connectivity index is 1.84. The van der Waals surface area contributed by atoms with E-state index in [2.05, 4.69) is 17.3 Å². The molecule has 2 N–H and O–H groups in total. The highest BCUT2D eigenvalue weighted by Gasteiger charge is 2.23. The van der Waals surface area contributed by atoms with Gasteiger partial charge in [0.05, 0.1) is 16.4 Å². The van der Waals surface area contributed by atoms with Crippen LogP contribution in [-0.2, 0) is 13.5 Å². The van der Waals surface area contributed by atoms with Crippen LogP contribution in [0.15, 0.2) is 58.1 Å². The Labute approximate surface area is 183 Å². The minimum absolute atomic E-state index is 0.350. The number of carbonyl (C=O) groups is 1. The number of aryl methyl sites for hydroxylation is 2.